The fourth-order valence-electron chi connectivity index (χ4n) is 4.92. The van der Waals surface area contributed by atoms with E-state index in [-0.39, 0.29) is 17.9 Å². The predicted molar refractivity (Wildman–Crippen MR) is 193 cm³/mol. The van der Waals surface area contributed by atoms with E-state index in [1.807, 2.05) is 13.8 Å². The Hall–Kier alpha value is -1.02. The highest BCUT2D eigenvalue weighted by molar-refractivity contribution is 6.74. The first-order valence-electron chi connectivity index (χ1n) is 17.0. The minimum atomic E-state index is -2.09. The second kappa shape index (κ2) is 20.3. The van der Waals surface area contributed by atoms with Crippen LogP contribution in [0.15, 0.2) is 46.6 Å². The summed E-state index contributed by atoms with van der Waals surface area (Å²) in [6, 6.07) is 0. The van der Waals surface area contributed by atoms with E-state index in [0.717, 1.165) is 51.4 Å². The molecule has 0 radical (unpaired) electrons. The zero-order valence-electron chi connectivity index (χ0n) is 31.4. The van der Waals surface area contributed by atoms with E-state index in [2.05, 4.69) is 99.7 Å². The normalized spacial score (nSPS) is 17.5. The Balaban J connectivity index is 5.49. The molecule has 4 atom stereocenters. The van der Waals surface area contributed by atoms with E-state index < -0.39 is 25.6 Å². The lowest BCUT2D eigenvalue weighted by atomic mass is 9.88. The van der Waals surface area contributed by atoms with E-state index in [9.17, 15) is 10.2 Å². The number of rotatable bonds is 22. The first-order chi connectivity index (χ1) is 20.2. The van der Waals surface area contributed by atoms with Gasteiger partial charge in [0, 0.05) is 7.11 Å². The average molecular weight is 637 g/mol. The van der Waals surface area contributed by atoms with Gasteiger partial charge in [0.25, 0.3) is 0 Å². The van der Waals surface area contributed by atoms with E-state index in [1.54, 1.807) is 7.11 Å². The largest absolute Gasteiger partial charge is 0.411 e. The Kier molecular flexibility index (Phi) is 19.8. The summed E-state index contributed by atoms with van der Waals surface area (Å²) in [5.74, 6) is 0. The number of aliphatic hydroxyl groups is 2. The summed E-state index contributed by atoms with van der Waals surface area (Å²) in [5, 5.41) is 23.0. The van der Waals surface area contributed by atoms with Crippen LogP contribution in [0.5, 0.6) is 0 Å². The number of methoxy groups -OCH3 is 1. The van der Waals surface area contributed by atoms with Crippen LogP contribution in [0.1, 0.15) is 140 Å². The first-order valence-corrected chi connectivity index (χ1v) is 19.9. The molecule has 0 rings (SSSR count). The summed E-state index contributed by atoms with van der Waals surface area (Å²) >= 11 is 0. The van der Waals surface area contributed by atoms with Gasteiger partial charge in [0.1, 0.15) is 6.79 Å². The Morgan fingerprint density at radius 1 is 0.727 bits per heavy atom. The molecule has 0 aromatic heterocycles. The van der Waals surface area contributed by atoms with Crippen molar-refractivity contribution in [1.82, 2.24) is 0 Å². The lowest BCUT2D eigenvalue weighted by Crippen LogP contribution is -2.51. The van der Waals surface area contributed by atoms with Crippen molar-refractivity contribution in [2.24, 2.45) is 0 Å². The minimum absolute atomic E-state index is 0.0633. The molecule has 0 heterocycles. The van der Waals surface area contributed by atoms with Crippen molar-refractivity contribution in [3.05, 3.63) is 46.6 Å². The number of ether oxygens (including phenoxy) is 2. The van der Waals surface area contributed by atoms with Gasteiger partial charge in [-0.15, -0.1) is 0 Å². The molecule has 44 heavy (non-hydrogen) atoms. The van der Waals surface area contributed by atoms with Gasteiger partial charge in [-0.3, -0.25) is 0 Å². The Labute approximate surface area is 274 Å². The number of allylic oxidation sites excluding steroid dienone is 8. The molecule has 0 saturated heterocycles. The summed E-state index contributed by atoms with van der Waals surface area (Å²) in [5.41, 5.74) is 3.65. The SMILES string of the molecule is COCO[C@@](C)(CCC=C(C)C)[C@H](O)CC/C(C)=C/CC[C@@H](O[Si](C)(C)C(C)(C)C)[C@@](C)(O)CC/C=C(\C)CCC=C(C)C. The maximum Gasteiger partial charge on any atom is 0.192 e. The van der Waals surface area contributed by atoms with Gasteiger partial charge < -0.3 is 24.1 Å². The van der Waals surface area contributed by atoms with Crippen LogP contribution < -0.4 is 0 Å². The standard InChI is InChI=1S/C38H72O5Si/c1-30(2)19-15-21-32(5)23-18-27-37(10,40)35(43-44(13,14)36(7,8)9)24-16-22-33(6)25-26-34(39)38(11,42-29-41-12)28-17-20-31(3)4/h19-20,22-23,34-35,39-40H,15-18,21,24-29H2,1-14H3/b32-23+,33-22+/t34-,35-,37+,38+/m1/s1. The van der Waals surface area contributed by atoms with E-state index in [1.165, 1.54) is 22.3 Å². The highest BCUT2D eigenvalue weighted by atomic mass is 28.4. The van der Waals surface area contributed by atoms with Gasteiger partial charge in [-0.2, -0.15) is 0 Å². The fraction of sp³-hybridized carbons (Fsp3) is 0.789. The summed E-state index contributed by atoms with van der Waals surface area (Å²) < 4.78 is 18.0. The third-order valence-corrected chi connectivity index (χ3v) is 13.8. The number of hydrogen-bond acceptors (Lipinski definition) is 5. The van der Waals surface area contributed by atoms with Crippen LogP contribution in [0.3, 0.4) is 0 Å². The van der Waals surface area contributed by atoms with Gasteiger partial charge in [-0.1, -0.05) is 67.4 Å². The van der Waals surface area contributed by atoms with Crippen molar-refractivity contribution in [1.29, 1.82) is 0 Å². The van der Waals surface area contributed by atoms with Crippen LogP contribution >= 0.6 is 0 Å². The molecule has 0 spiro atoms. The number of aliphatic hydroxyl groups excluding tert-OH is 1. The van der Waals surface area contributed by atoms with Crippen LogP contribution in [0.25, 0.3) is 0 Å². The maximum absolute atomic E-state index is 11.7. The average Bonchev–Trinajstić information content (AvgIpc) is 2.88. The van der Waals surface area contributed by atoms with Crippen molar-refractivity contribution in [2.45, 2.75) is 182 Å². The fourth-order valence-corrected chi connectivity index (χ4v) is 6.36. The summed E-state index contributed by atoms with van der Waals surface area (Å²) in [7, 11) is -0.478. The third-order valence-electron chi connectivity index (χ3n) is 9.31. The van der Waals surface area contributed by atoms with Crippen LogP contribution in [-0.2, 0) is 13.9 Å². The van der Waals surface area contributed by atoms with Crippen molar-refractivity contribution >= 4 is 8.32 Å². The van der Waals surface area contributed by atoms with Crippen molar-refractivity contribution in [3.63, 3.8) is 0 Å². The molecule has 0 saturated carbocycles. The van der Waals surface area contributed by atoms with Crippen LogP contribution in [0, 0.1) is 0 Å². The monoisotopic (exact) mass is 637 g/mol. The summed E-state index contributed by atoms with van der Waals surface area (Å²) in [6.07, 6.45) is 16.4. The first kappa shape index (κ1) is 43.0. The summed E-state index contributed by atoms with van der Waals surface area (Å²) in [4.78, 5) is 0. The topological polar surface area (TPSA) is 68.2 Å². The van der Waals surface area contributed by atoms with Crippen LogP contribution in [0.2, 0.25) is 18.1 Å². The quantitative estimate of drug-likeness (QED) is 0.0703. The minimum Gasteiger partial charge on any atom is -0.411 e. The Bertz CT molecular complexity index is 929. The number of hydrogen-bond donors (Lipinski definition) is 2. The lowest BCUT2D eigenvalue weighted by Gasteiger charge is -2.43. The molecule has 6 heteroatoms. The highest BCUT2D eigenvalue weighted by Gasteiger charge is 2.43. The molecule has 0 aliphatic rings. The molecule has 0 aromatic carbocycles. The third kappa shape index (κ3) is 17.6. The van der Waals surface area contributed by atoms with Crippen LogP contribution in [-0.4, -0.2) is 55.8 Å². The van der Waals surface area contributed by atoms with E-state index in [0.29, 0.717) is 12.8 Å². The lowest BCUT2D eigenvalue weighted by molar-refractivity contribution is -0.172. The van der Waals surface area contributed by atoms with Gasteiger partial charge in [0.15, 0.2) is 8.32 Å². The zero-order chi connectivity index (χ0) is 34.2. The maximum atomic E-state index is 11.7. The van der Waals surface area contributed by atoms with Crippen molar-refractivity contribution in [3.8, 4) is 0 Å². The molecular formula is C38H72O5Si. The van der Waals surface area contributed by atoms with Gasteiger partial charge in [0.05, 0.1) is 23.4 Å². The smallest absolute Gasteiger partial charge is 0.192 e. The molecule has 258 valence electrons. The molecule has 5 nitrogen and oxygen atoms in total. The van der Waals surface area contributed by atoms with E-state index >= 15 is 0 Å². The Morgan fingerprint density at radius 2 is 1.25 bits per heavy atom. The zero-order valence-corrected chi connectivity index (χ0v) is 32.4. The molecule has 0 aromatic rings. The molecule has 0 bridgehead atoms. The molecule has 0 aliphatic carbocycles. The second-order valence-corrected chi connectivity index (χ2v) is 20.3. The molecule has 0 unspecified atom stereocenters. The molecule has 2 N–H and O–H groups in total. The van der Waals surface area contributed by atoms with Crippen molar-refractivity contribution in [2.75, 3.05) is 13.9 Å². The molecular weight excluding hydrogens is 564 g/mol. The molecule has 0 amide bonds. The molecule has 0 fully saturated rings. The van der Waals surface area contributed by atoms with Crippen LogP contribution in [0.4, 0.5) is 0 Å². The van der Waals surface area contributed by atoms with Gasteiger partial charge >= 0.3 is 0 Å². The van der Waals surface area contributed by atoms with Gasteiger partial charge in [-0.25, -0.2) is 0 Å². The predicted octanol–water partition coefficient (Wildman–Crippen LogP) is 10.6. The van der Waals surface area contributed by atoms with Crippen molar-refractivity contribution < 1.29 is 24.1 Å². The second-order valence-electron chi connectivity index (χ2n) is 15.5. The van der Waals surface area contributed by atoms with Gasteiger partial charge in [0.2, 0.25) is 0 Å². The van der Waals surface area contributed by atoms with E-state index in [4.69, 9.17) is 13.9 Å². The van der Waals surface area contributed by atoms with Gasteiger partial charge in [-0.05, 0) is 138 Å². The Morgan fingerprint density at radius 3 is 1.80 bits per heavy atom. The molecule has 0 aliphatic heterocycles. The highest BCUT2D eigenvalue weighted by Crippen LogP contribution is 2.40. The summed E-state index contributed by atoms with van der Waals surface area (Å²) in [6.45, 7) is 28.2.